The monoisotopic (exact) mass is 433 g/mol. The van der Waals surface area contributed by atoms with E-state index in [-0.39, 0.29) is 30.9 Å². The number of ether oxygens (including phenoxy) is 1. The normalized spacial score (nSPS) is 18.6. The number of aliphatic hydroxyl groups is 1. The summed E-state index contributed by atoms with van der Waals surface area (Å²) in [5.74, 6) is 0.983. The fourth-order valence-electron chi connectivity index (χ4n) is 4.32. The Morgan fingerprint density at radius 3 is 2.40 bits per heavy atom. The van der Waals surface area contributed by atoms with E-state index in [4.69, 9.17) is 16.2 Å². The fraction of sp³-hybridized carbons (Fsp3) is 0.435. The minimum atomic E-state index is -0.577. The third kappa shape index (κ3) is 4.07. The summed E-state index contributed by atoms with van der Waals surface area (Å²) < 4.78 is 6.57. The number of benzene rings is 2. The van der Waals surface area contributed by atoms with Gasteiger partial charge in [-0.3, -0.25) is 0 Å². The van der Waals surface area contributed by atoms with Crippen molar-refractivity contribution in [1.29, 1.82) is 0 Å². The highest BCUT2D eigenvalue weighted by atomic mass is 35.5. The van der Waals surface area contributed by atoms with Crippen molar-refractivity contribution in [2.45, 2.75) is 59.0 Å². The van der Waals surface area contributed by atoms with E-state index >= 15 is 0 Å². The van der Waals surface area contributed by atoms with E-state index in [1.165, 1.54) is 0 Å². The number of hydrogen-bond acceptors (Lipinski definition) is 4. The SMILES string of the molecule is Cc1cc(C(CO)C2(C)CCc3c(C)c(O)c(C)c(C)c3O2)ccc1N=C(N)N.Cl. The van der Waals surface area contributed by atoms with Gasteiger partial charge in [0.15, 0.2) is 5.96 Å². The highest BCUT2D eigenvalue weighted by molar-refractivity contribution is 5.85. The van der Waals surface area contributed by atoms with Gasteiger partial charge in [-0.15, -0.1) is 12.4 Å². The van der Waals surface area contributed by atoms with Crippen molar-refractivity contribution in [1.82, 2.24) is 0 Å². The maximum Gasteiger partial charge on any atom is 0.191 e. The summed E-state index contributed by atoms with van der Waals surface area (Å²) in [6.45, 7) is 9.76. The summed E-state index contributed by atoms with van der Waals surface area (Å²) in [6, 6.07) is 5.82. The Morgan fingerprint density at radius 2 is 1.83 bits per heavy atom. The average molecular weight is 434 g/mol. The molecule has 2 unspecified atom stereocenters. The van der Waals surface area contributed by atoms with Gasteiger partial charge in [-0.1, -0.05) is 12.1 Å². The number of aliphatic hydroxyl groups excluding tert-OH is 1. The molecule has 0 aliphatic carbocycles. The molecule has 2 aromatic carbocycles. The second kappa shape index (κ2) is 8.74. The summed E-state index contributed by atoms with van der Waals surface area (Å²) in [7, 11) is 0. The second-order valence-electron chi connectivity index (χ2n) is 8.26. The number of phenolic OH excluding ortho intramolecular Hbond substituents is 1. The van der Waals surface area contributed by atoms with Crippen LogP contribution >= 0.6 is 12.4 Å². The molecule has 0 bridgehead atoms. The lowest BCUT2D eigenvalue weighted by Crippen LogP contribution is -2.44. The van der Waals surface area contributed by atoms with Gasteiger partial charge in [-0.2, -0.15) is 0 Å². The molecule has 164 valence electrons. The zero-order chi connectivity index (χ0) is 21.5. The predicted octanol–water partition coefficient (Wildman–Crippen LogP) is 3.81. The molecule has 3 rings (SSSR count). The number of phenols is 1. The van der Waals surface area contributed by atoms with Gasteiger partial charge in [0.05, 0.1) is 12.3 Å². The molecule has 1 aliphatic heterocycles. The summed E-state index contributed by atoms with van der Waals surface area (Å²) in [4.78, 5) is 4.14. The Morgan fingerprint density at radius 1 is 1.17 bits per heavy atom. The molecule has 6 nitrogen and oxygen atoms in total. The van der Waals surface area contributed by atoms with Crippen molar-refractivity contribution >= 4 is 24.1 Å². The minimum absolute atomic E-state index is 0. The summed E-state index contributed by atoms with van der Waals surface area (Å²) in [5, 5.41) is 20.7. The average Bonchev–Trinajstić information content (AvgIpc) is 2.67. The minimum Gasteiger partial charge on any atom is -0.507 e. The van der Waals surface area contributed by atoms with E-state index in [0.29, 0.717) is 11.4 Å². The van der Waals surface area contributed by atoms with Crippen molar-refractivity contribution in [3.63, 3.8) is 0 Å². The fourth-order valence-corrected chi connectivity index (χ4v) is 4.32. The number of aliphatic imine (C=N–C) groups is 1. The van der Waals surface area contributed by atoms with Gasteiger partial charge < -0.3 is 26.4 Å². The molecular formula is C23H32ClN3O3. The molecule has 1 aliphatic rings. The molecular weight excluding hydrogens is 402 g/mol. The molecule has 0 saturated carbocycles. The molecule has 0 aromatic heterocycles. The molecule has 1 heterocycles. The van der Waals surface area contributed by atoms with E-state index in [0.717, 1.165) is 52.0 Å². The maximum atomic E-state index is 10.4. The highest BCUT2D eigenvalue weighted by Crippen LogP contribution is 2.47. The Kier molecular flexibility index (Phi) is 6.94. The van der Waals surface area contributed by atoms with Crippen LogP contribution in [0.1, 0.15) is 52.6 Å². The first-order valence-corrected chi connectivity index (χ1v) is 9.90. The van der Waals surface area contributed by atoms with Crippen molar-refractivity contribution in [3.8, 4) is 11.5 Å². The van der Waals surface area contributed by atoms with Gasteiger partial charge in [0.1, 0.15) is 17.1 Å². The van der Waals surface area contributed by atoms with Crippen molar-refractivity contribution in [3.05, 3.63) is 51.6 Å². The van der Waals surface area contributed by atoms with E-state index in [1.54, 1.807) is 0 Å². The van der Waals surface area contributed by atoms with E-state index in [9.17, 15) is 10.2 Å². The quantitative estimate of drug-likeness (QED) is 0.432. The van der Waals surface area contributed by atoms with Crippen LogP contribution in [0.2, 0.25) is 0 Å². The van der Waals surface area contributed by atoms with Crippen LogP contribution in [-0.4, -0.2) is 28.4 Å². The lowest BCUT2D eigenvalue weighted by Gasteiger charge is -2.42. The zero-order valence-corrected chi connectivity index (χ0v) is 19.1. The van der Waals surface area contributed by atoms with Crippen molar-refractivity contribution in [2.75, 3.05) is 6.61 Å². The molecule has 7 heteroatoms. The molecule has 0 spiro atoms. The largest absolute Gasteiger partial charge is 0.507 e. The van der Waals surface area contributed by atoms with Crippen LogP contribution in [0.5, 0.6) is 11.5 Å². The number of nitrogens with two attached hydrogens (primary N) is 2. The number of aryl methyl sites for hydroxylation is 1. The third-order valence-corrected chi connectivity index (χ3v) is 6.34. The molecule has 6 N–H and O–H groups in total. The molecule has 2 atom stereocenters. The van der Waals surface area contributed by atoms with E-state index in [1.807, 2.05) is 52.8 Å². The van der Waals surface area contributed by atoms with E-state index < -0.39 is 5.60 Å². The van der Waals surface area contributed by atoms with Gasteiger partial charge in [0.2, 0.25) is 0 Å². The van der Waals surface area contributed by atoms with Crippen LogP contribution in [-0.2, 0) is 6.42 Å². The second-order valence-corrected chi connectivity index (χ2v) is 8.26. The van der Waals surface area contributed by atoms with E-state index in [2.05, 4.69) is 4.99 Å². The van der Waals surface area contributed by atoms with Gasteiger partial charge in [-0.25, -0.2) is 4.99 Å². The Balaban J connectivity index is 0.00000320. The molecule has 0 saturated heterocycles. The maximum absolute atomic E-state index is 10.4. The van der Waals surface area contributed by atoms with Crippen molar-refractivity contribution in [2.24, 2.45) is 16.5 Å². The van der Waals surface area contributed by atoms with Crippen LogP contribution in [0.15, 0.2) is 23.2 Å². The summed E-state index contributed by atoms with van der Waals surface area (Å²) >= 11 is 0. The lowest BCUT2D eigenvalue weighted by molar-refractivity contribution is 0.0151. The highest BCUT2D eigenvalue weighted by Gasteiger charge is 2.41. The number of aromatic hydroxyl groups is 1. The van der Waals surface area contributed by atoms with Crippen LogP contribution in [0.4, 0.5) is 5.69 Å². The smallest absolute Gasteiger partial charge is 0.191 e. The van der Waals surface area contributed by atoms with Crippen LogP contribution in [0, 0.1) is 27.7 Å². The Hall–Kier alpha value is -2.44. The number of fused-ring (bicyclic) bond motifs is 1. The first-order chi connectivity index (χ1) is 13.6. The zero-order valence-electron chi connectivity index (χ0n) is 18.2. The molecule has 0 fully saturated rings. The molecule has 2 aromatic rings. The van der Waals surface area contributed by atoms with Crippen molar-refractivity contribution < 1.29 is 14.9 Å². The summed E-state index contributed by atoms with van der Waals surface area (Å²) in [5.41, 5.74) is 16.8. The van der Waals surface area contributed by atoms with Crippen LogP contribution in [0.25, 0.3) is 0 Å². The Labute approximate surface area is 184 Å². The topological polar surface area (TPSA) is 114 Å². The number of rotatable bonds is 4. The van der Waals surface area contributed by atoms with Gasteiger partial charge >= 0.3 is 0 Å². The first kappa shape index (κ1) is 23.8. The number of guanidine groups is 1. The first-order valence-electron chi connectivity index (χ1n) is 9.90. The Bertz CT molecular complexity index is 986. The lowest BCUT2D eigenvalue weighted by atomic mass is 9.77. The molecule has 30 heavy (non-hydrogen) atoms. The van der Waals surface area contributed by atoms with Crippen LogP contribution in [0.3, 0.4) is 0 Å². The predicted molar refractivity (Wildman–Crippen MR) is 123 cm³/mol. The number of hydrogen-bond donors (Lipinski definition) is 4. The molecule has 0 radical (unpaired) electrons. The van der Waals surface area contributed by atoms with Gasteiger partial charge in [-0.05, 0) is 81.3 Å². The van der Waals surface area contributed by atoms with Gasteiger partial charge in [0, 0.05) is 11.5 Å². The van der Waals surface area contributed by atoms with Crippen LogP contribution < -0.4 is 16.2 Å². The third-order valence-electron chi connectivity index (χ3n) is 6.34. The number of nitrogens with zero attached hydrogens (tertiary/aromatic N) is 1. The standard InChI is InChI=1S/C23H31N3O3.ClH/c1-12-10-16(6-7-19(12)26-22(24)25)18(11-27)23(5)9-8-17-15(4)20(28)13(2)14(3)21(17)29-23;/h6-7,10,18,27-28H,8-9,11H2,1-5H3,(H4,24,25,26);1H. The summed E-state index contributed by atoms with van der Waals surface area (Å²) in [6.07, 6.45) is 1.52. The molecule has 0 amide bonds. The van der Waals surface area contributed by atoms with Gasteiger partial charge in [0.25, 0.3) is 0 Å². The number of halogens is 1.